The molecule has 1 rings (SSSR count). The zero-order chi connectivity index (χ0) is 19.0. The normalized spacial score (nSPS) is 26.2. The lowest BCUT2D eigenvalue weighted by Crippen LogP contribution is -2.59. The SMILES string of the molecule is CC(C)[C@@H](N)C(=O)N[C@H]1CCN[C@@](CCCCS(=O)O)(CC(=O)O)C1. The van der Waals surface area contributed by atoms with Crippen molar-refractivity contribution in [1.29, 1.82) is 0 Å². The fraction of sp³-hybridized carbons (Fsp3) is 0.875. The quantitative estimate of drug-likeness (QED) is 0.275. The molecule has 0 aromatic rings. The van der Waals surface area contributed by atoms with Crippen molar-refractivity contribution < 1.29 is 23.5 Å². The Morgan fingerprint density at radius 2 is 2.08 bits per heavy atom. The van der Waals surface area contributed by atoms with Crippen molar-refractivity contribution >= 4 is 23.0 Å². The summed E-state index contributed by atoms with van der Waals surface area (Å²) in [7, 11) is 0. The van der Waals surface area contributed by atoms with Gasteiger partial charge in [0.15, 0.2) is 11.1 Å². The maximum atomic E-state index is 12.2. The van der Waals surface area contributed by atoms with Crippen molar-refractivity contribution in [3.8, 4) is 0 Å². The smallest absolute Gasteiger partial charge is 0.305 e. The van der Waals surface area contributed by atoms with Gasteiger partial charge in [0.05, 0.1) is 12.5 Å². The molecule has 9 heteroatoms. The van der Waals surface area contributed by atoms with Gasteiger partial charge in [-0.05, 0) is 38.1 Å². The summed E-state index contributed by atoms with van der Waals surface area (Å²) in [5.74, 6) is -0.886. The second-order valence-electron chi connectivity index (χ2n) is 7.23. The first-order chi connectivity index (χ1) is 11.6. The number of aliphatic carboxylic acids is 1. The first-order valence-corrected chi connectivity index (χ1v) is 10.0. The number of piperidine rings is 1. The van der Waals surface area contributed by atoms with Crippen LogP contribution in [0.4, 0.5) is 0 Å². The lowest BCUT2D eigenvalue weighted by Gasteiger charge is -2.42. The number of amides is 1. The first kappa shape index (κ1) is 22.0. The Bertz CT molecular complexity index is 488. The largest absolute Gasteiger partial charge is 0.481 e. The highest BCUT2D eigenvalue weighted by Gasteiger charge is 2.38. The van der Waals surface area contributed by atoms with Crippen LogP contribution < -0.4 is 16.4 Å². The number of carbonyl (C=O) groups excluding carboxylic acids is 1. The number of carboxylic acids is 1. The minimum atomic E-state index is -1.83. The highest BCUT2D eigenvalue weighted by atomic mass is 32.2. The third-order valence-electron chi connectivity index (χ3n) is 4.71. The van der Waals surface area contributed by atoms with Gasteiger partial charge < -0.3 is 26.0 Å². The predicted octanol–water partition coefficient (Wildman–Crippen LogP) is 0.443. The summed E-state index contributed by atoms with van der Waals surface area (Å²) in [6.07, 6.45) is 2.98. The van der Waals surface area contributed by atoms with Crippen LogP contribution in [0.2, 0.25) is 0 Å². The number of carbonyl (C=O) groups is 2. The van der Waals surface area contributed by atoms with Crippen LogP contribution in [0.15, 0.2) is 0 Å². The second-order valence-corrected chi connectivity index (χ2v) is 8.28. The van der Waals surface area contributed by atoms with E-state index in [-0.39, 0.29) is 30.0 Å². The molecule has 1 saturated heterocycles. The third kappa shape index (κ3) is 7.81. The lowest BCUT2D eigenvalue weighted by molar-refractivity contribution is -0.139. The molecule has 0 bridgehead atoms. The molecule has 1 aliphatic rings. The van der Waals surface area contributed by atoms with E-state index < -0.39 is 28.6 Å². The molecule has 8 nitrogen and oxygen atoms in total. The number of nitrogens with one attached hydrogen (secondary N) is 2. The maximum Gasteiger partial charge on any atom is 0.305 e. The number of hydrogen-bond acceptors (Lipinski definition) is 5. The summed E-state index contributed by atoms with van der Waals surface area (Å²) in [5.41, 5.74) is 5.27. The van der Waals surface area contributed by atoms with E-state index >= 15 is 0 Å². The van der Waals surface area contributed by atoms with Crippen molar-refractivity contribution in [2.45, 2.75) is 70.0 Å². The van der Waals surface area contributed by atoms with E-state index in [9.17, 15) is 18.9 Å². The topological polar surface area (TPSA) is 142 Å². The van der Waals surface area contributed by atoms with Crippen molar-refractivity contribution in [2.75, 3.05) is 12.3 Å². The van der Waals surface area contributed by atoms with Gasteiger partial charge in [0, 0.05) is 17.3 Å². The summed E-state index contributed by atoms with van der Waals surface area (Å²) in [6.45, 7) is 4.38. The molecule has 0 aromatic heterocycles. The van der Waals surface area contributed by atoms with Gasteiger partial charge in [0.2, 0.25) is 5.91 Å². The molecule has 25 heavy (non-hydrogen) atoms. The molecular formula is C16H31N3O5S. The van der Waals surface area contributed by atoms with E-state index in [0.29, 0.717) is 32.2 Å². The molecule has 6 N–H and O–H groups in total. The van der Waals surface area contributed by atoms with Gasteiger partial charge in [-0.1, -0.05) is 20.3 Å². The van der Waals surface area contributed by atoms with E-state index in [0.717, 1.165) is 6.42 Å². The van der Waals surface area contributed by atoms with E-state index in [4.69, 9.17) is 10.3 Å². The summed E-state index contributed by atoms with van der Waals surface area (Å²) < 4.78 is 19.6. The molecule has 146 valence electrons. The van der Waals surface area contributed by atoms with Gasteiger partial charge in [-0.25, -0.2) is 4.21 Å². The molecule has 1 amide bonds. The highest BCUT2D eigenvalue weighted by molar-refractivity contribution is 7.79. The van der Waals surface area contributed by atoms with Gasteiger partial charge in [-0.15, -0.1) is 0 Å². The molecule has 4 atom stereocenters. The van der Waals surface area contributed by atoms with Crippen LogP contribution in [0, 0.1) is 5.92 Å². The van der Waals surface area contributed by atoms with E-state index in [1.54, 1.807) is 0 Å². The predicted molar refractivity (Wildman–Crippen MR) is 96.5 cm³/mol. The Kier molecular flexibility index (Phi) is 8.98. The Morgan fingerprint density at radius 1 is 1.40 bits per heavy atom. The van der Waals surface area contributed by atoms with Crippen molar-refractivity contribution in [3.63, 3.8) is 0 Å². The fourth-order valence-electron chi connectivity index (χ4n) is 3.27. The van der Waals surface area contributed by atoms with Crippen LogP contribution in [0.25, 0.3) is 0 Å². The van der Waals surface area contributed by atoms with Crippen LogP contribution >= 0.6 is 0 Å². The van der Waals surface area contributed by atoms with E-state index in [2.05, 4.69) is 10.6 Å². The zero-order valence-electron chi connectivity index (χ0n) is 15.0. The number of rotatable bonds is 10. The number of carboxylic acid groups (broad SMARTS) is 1. The van der Waals surface area contributed by atoms with Gasteiger partial charge in [-0.2, -0.15) is 0 Å². The van der Waals surface area contributed by atoms with E-state index in [1.165, 1.54) is 0 Å². The van der Waals surface area contributed by atoms with Crippen molar-refractivity contribution in [1.82, 2.24) is 10.6 Å². The molecule has 0 radical (unpaired) electrons. The Morgan fingerprint density at radius 3 is 2.64 bits per heavy atom. The molecule has 0 aliphatic carbocycles. The molecule has 1 aliphatic heterocycles. The minimum Gasteiger partial charge on any atom is -0.481 e. The summed E-state index contributed by atoms with van der Waals surface area (Å²) in [4.78, 5) is 23.5. The van der Waals surface area contributed by atoms with Crippen LogP contribution in [-0.4, -0.2) is 55.7 Å². The summed E-state index contributed by atoms with van der Waals surface area (Å²) >= 11 is -1.83. The first-order valence-electron chi connectivity index (χ1n) is 8.75. The third-order valence-corrected chi connectivity index (χ3v) is 5.35. The summed E-state index contributed by atoms with van der Waals surface area (Å²) in [6, 6.07) is -0.701. The van der Waals surface area contributed by atoms with Gasteiger partial charge >= 0.3 is 5.97 Å². The van der Waals surface area contributed by atoms with Crippen molar-refractivity contribution in [2.24, 2.45) is 11.7 Å². The number of hydrogen-bond donors (Lipinski definition) is 5. The average molecular weight is 378 g/mol. The van der Waals surface area contributed by atoms with Gasteiger partial charge in [-0.3, -0.25) is 9.59 Å². The Labute approximate surface area is 151 Å². The molecule has 0 spiro atoms. The number of unbranched alkanes of at least 4 members (excludes halogenated alkanes) is 1. The zero-order valence-corrected chi connectivity index (χ0v) is 15.8. The monoisotopic (exact) mass is 377 g/mol. The maximum absolute atomic E-state index is 12.2. The summed E-state index contributed by atoms with van der Waals surface area (Å²) in [5, 5.41) is 15.5. The standard InChI is InChI=1S/C16H31N3O5S/c1-11(2)14(17)15(22)19-12-5-7-18-16(9-12,10-13(20)21)6-3-4-8-25(23)24/h11-12,14,18H,3-10,17H2,1-2H3,(H,19,22)(H,20,21)(H,23,24)/t12-,14+,16+/m0/s1. The lowest BCUT2D eigenvalue weighted by atomic mass is 9.79. The van der Waals surface area contributed by atoms with Crippen LogP contribution in [-0.2, 0) is 20.7 Å². The van der Waals surface area contributed by atoms with Crippen LogP contribution in [0.5, 0.6) is 0 Å². The Balaban J connectivity index is 2.68. The van der Waals surface area contributed by atoms with Crippen molar-refractivity contribution in [3.05, 3.63) is 0 Å². The molecule has 0 saturated carbocycles. The average Bonchev–Trinajstić information content (AvgIpc) is 2.50. The Hall–Kier alpha value is -1.03. The van der Waals surface area contributed by atoms with Gasteiger partial charge in [0.1, 0.15) is 0 Å². The molecule has 1 unspecified atom stereocenters. The van der Waals surface area contributed by atoms with Crippen LogP contribution in [0.1, 0.15) is 52.4 Å². The van der Waals surface area contributed by atoms with Gasteiger partial charge in [0.25, 0.3) is 0 Å². The second kappa shape index (κ2) is 10.2. The van der Waals surface area contributed by atoms with E-state index in [1.807, 2.05) is 13.8 Å². The molecule has 1 heterocycles. The fourth-order valence-corrected chi connectivity index (χ4v) is 3.72. The minimum absolute atomic E-state index is 0.0323. The molecule has 0 aromatic carbocycles. The highest BCUT2D eigenvalue weighted by Crippen LogP contribution is 2.29. The molecular weight excluding hydrogens is 346 g/mol. The molecule has 1 fully saturated rings. The number of nitrogens with two attached hydrogens (primary N) is 1. The van der Waals surface area contributed by atoms with Crippen LogP contribution in [0.3, 0.4) is 0 Å².